The number of rotatable bonds is 4. The number of benzene rings is 1. The molecule has 0 heterocycles. The third-order valence-electron chi connectivity index (χ3n) is 2.40. The Balaban J connectivity index is 2.72. The Kier molecular flexibility index (Phi) is 4.35. The molecule has 0 aliphatic rings. The van der Waals surface area contributed by atoms with Crippen LogP contribution in [0, 0.1) is 19.8 Å². The fourth-order valence-corrected chi connectivity index (χ4v) is 1.52. The number of halogens is 1. The first-order valence-electron chi connectivity index (χ1n) is 5.10. The van der Waals surface area contributed by atoms with Gasteiger partial charge in [-0.3, -0.25) is 4.79 Å². The van der Waals surface area contributed by atoms with Gasteiger partial charge < -0.3 is 10.5 Å². The zero-order chi connectivity index (χ0) is 12.3. The first-order chi connectivity index (χ1) is 7.41. The Morgan fingerprint density at radius 3 is 2.38 bits per heavy atom. The third kappa shape index (κ3) is 3.23. The van der Waals surface area contributed by atoms with Gasteiger partial charge in [-0.2, -0.15) is 0 Å². The van der Waals surface area contributed by atoms with Crippen LogP contribution in [0.3, 0.4) is 0 Å². The standard InChI is InChI=1S/C12H16BrNO2/c1-7-4-10(5-8(2)11(7)13)16-6-9(3)12(14)15/h4-5,9H,6H2,1-3H3,(H2,14,15). The van der Waals surface area contributed by atoms with Gasteiger partial charge in [0.05, 0.1) is 12.5 Å². The minimum Gasteiger partial charge on any atom is -0.493 e. The number of ether oxygens (including phenoxy) is 1. The monoisotopic (exact) mass is 285 g/mol. The lowest BCUT2D eigenvalue weighted by Crippen LogP contribution is -2.25. The number of hydrogen-bond acceptors (Lipinski definition) is 2. The summed E-state index contributed by atoms with van der Waals surface area (Å²) in [6.45, 7) is 6.07. The normalized spacial score (nSPS) is 12.2. The summed E-state index contributed by atoms with van der Waals surface area (Å²) in [6, 6.07) is 3.87. The van der Waals surface area contributed by atoms with Crippen LogP contribution in [0.1, 0.15) is 18.1 Å². The van der Waals surface area contributed by atoms with Gasteiger partial charge in [0, 0.05) is 4.47 Å². The van der Waals surface area contributed by atoms with Crippen LogP contribution in [0.4, 0.5) is 0 Å². The smallest absolute Gasteiger partial charge is 0.223 e. The molecule has 1 amide bonds. The Bertz CT molecular complexity index is 381. The van der Waals surface area contributed by atoms with Gasteiger partial charge in [0.25, 0.3) is 0 Å². The molecule has 4 heteroatoms. The van der Waals surface area contributed by atoms with E-state index in [1.54, 1.807) is 6.92 Å². The minimum atomic E-state index is -0.342. The molecule has 3 nitrogen and oxygen atoms in total. The number of amides is 1. The molecule has 0 aliphatic carbocycles. The summed E-state index contributed by atoms with van der Waals surface area (Å²) >= 11 is 3.49. The van der Waals surface area contributed by atoms with Crippen molar-refractivity contribution in [3.05, 3.63) is 27.7 Å². The molecule has 1 atom stereocenters. The number of hydrogen-bond donors (Lipinski definition) is 1. The van der Waals surface area contributed by atoms with E-state index in [-0.39, 0.29) is 11.8 Å². The maximum atomic E-state index is 10.8. The lowest BCUT2D eigenvalue weighted by atomic mass is 10.1. The number of primary amides is 1. The summed E-state index contributed by atoms with van der Waals surface area (Å²) < 4.78 is 6.61. The minimum absolute atomic E-state index is 0.274. The average Bonchev–Trinajstić information content (AvgIpc) is 2.22. The van der Waals surface area contributed by atoms with E-state index in [2.05, 4.69) is 15.9 Å². The molecule has 0 bridgehead atoms. The van der Waals surface area contributed by atoms with E-state index in [9.17, 15) is 4.79 Å². The molecular weight excluding hydrogens is 270 g/mol. The van der Waals surface area contributed by atoms with Gasteiger partial charge in [-0.1, -0.05) is 22.9 Å². The van der Waals surface area contributed by atoms with Crippen molar-refractivity contribution in [1.82, 2.24) is 0 Å². The third-order valence-corrected chi connectivity index (χ3v) is 3.65. The van der Waals surface area contributed by atoms with Crippen LogP contribution in [0.25, 0.3) is 0 Å². The Hall–Kier alpha value is -1.03. The van der Waals surface area contributed by atoms with Gasteiger partial charge in [-0.15, -0.1) is 0 Å². The van der Waals surface area contributed by atoms with Gasteiger partial charge in [-0.05, 0) is 37.1 Å². The Morgan fingerprint density at radius 1 is 1.44 bits per heavy atom. The molecule has 0 radical (unpaired) electrons. The van der Waals surface area contributed by atoms with Gasteiger partial charge in [0.15, 0.2) is 0 Å². The molecule has 0 saturated carbocycles. The molecule has 0 aliphatic heterocycles. The summed E-state index contributed by atoms with van der Waals surface area (Å²) in [4.78, 5) is 10.8. The molecular formula is C12H16BrNO2. The van der Waals surface area contributed by atoms with Gasteiger partial charge in [-0.25, -0.2) is 0 Å². The van der Waals surface area contributed by atoms with Crippen LogP contribution < -0.4 is 10.5 Å². The van der Waals surface area contributed by atoms with Crippen molar-refractivity contribution >= 4 is 21.8 Å². The first kappa shape index (κ1) is 13.0. The second-order valence-corrected chi connectivity index (χ2v) is 4.78. The van der Waals surface area contributed by atoms with E-state index in [1.807, 2.05) is 26.0 Å². The highest BCUT2D eigenvalue weighted by atomic mass is 79.9. The molecule has 0 fully saturated rings. The van der Waals surface area contributed by atoms with Crippen molar-refractivity contribution in [3.63, 3.8) is 0 Å². The second kappa shape index (κ2) is 5.34. The van der Waals surface area contributed by atoms with Crippen molar-refractivity contribution in [2.24, 2.45) is 11.7 Å². The van der Waals surface area contributed by atoms with E-state index in [0.29, 0.717) is 6.61 Å². The van der Waals surface area contributed by atoms with Crippen LogP contribution in [0.2, 0.25) is 0 Å². The molecule has 1 rings (SSSR count). The van der Waals surface area contributed by atoms with Crippen LogP contribution in [0.15, 0.2) is 16.6 Å². The van der Waals surface area contributed by atoms with Gasteiger partial charge >= 0.3 is 0 Å². The lowest BCUT2D eigenvalue weighted by molar-refractivity contribution is -0.122. The number of aryl methyl sites for hydroxylation is 2. The number of carbonyl (C=O) groups excluding carboxylic acids is 1. The van der Waals surface area contributed by atoms with E-state index >= 15 is 0 Å². The molecule has 1 aromatic carbocycles. The van der Waals surface area contributed by atoms with Crippen molar-refractivity contribution in [1.29, 1.82) is 0 Å². The quantitative estimate of drug-likeness (QED) is 0.924. The fourth-order valence-electron chi connectivity index (χ4n) is 1.29. The highest BCUT2D eigenvalue weighted by Crippen LogP contribution is 2.26. The summed E-state index contributed by atoms with van der Waals surface area (Å²) in [5.41, 5.74) is 7.38. The lowest BCUT2D eigenvalue weighted by Gasteiger charge is -2.12. The summed E-state index contributed by atoms with van der Waals surface area (Å²) in [7, 11) is 0. The topological polar surface area (TPSA) is 52.3 Å². The van der Waals surface area contributed by atoms with Crippen LogP contribution in [-0.2, 0) is 4.79 Å². The van der Waals surface area contributed by atoms with E-state index in [1.165, 1.54) is 0 Å². The summed E-state index contributed by atoms with van der Waals surface area (Å²) in [5, 5.41) is 0. The van der Waals surface area contributed by atoms with Crippen molar-refractivity contribution in [3.8, 4) is 5.75 Å². The summed E-state index contributed by atoms with van der Waals surface area (Å²) in [6.07, 6.45) is 0. The van der Waals surface area contributed by atoms with Crippen molar-refractivity contribution in [2.75, 3.05) is 6.61 Å². The summed E-state index contributed by atoms with van der Waals surface area (Å²) in [5.74, 6) is 0.154. The molecule has 88 valence electrons. The predicted octanol–water partition coefficient (Wildman–Crippen LogP) is 2.57. The Morgan fingerprint density at radius 2 is 1.94 bits per heavy atom. The molecule has 0 aromatic heterocycles. The zero-order valence-corrected chi connectivity index (χ0v) is 11.3. The molecule has 1 aromatic rings. The van der Waals surface area contributed by atoms with Gasteiger partial charge in [0.1, 0.15) is 5.75 Å². The molecule has 0 spiro atoms. The SMILES string of the molecule is Cc1cc(OCC(C)C(N)=O)cc(C)c1Br. The molecule has 0 saturated heterocycles. The maximum absolute atomic E-state index is 10.8. The number of carbonyl (C=O) groups is 1. The van der Waals surface area contributed by atoms with Crippen molar-refractivity contribution in [2.45, 2.75) is 20.8 Å². The van der Waals surface area contributed by atoms with Crippen LogP contribution in [0.5, 0.6) is 5.75 Å². The highest BCUT2D eigenvalue weighted by Gasteiger charge is 2.10. The van der Waals surface area contributed by atoms with Crippen LogP contribution in [-0.4, -0.2) is 12.5 Å². The Labute approximate surface area is 104 Å². The zero-order valence-electron chi connectivity index (χ0n) is 9.71. The maximum Gasteiger partial charge on any atom is 0.223 e. The second-order valence-electron chi connectivity index (χ2n) is 3.99. The van der Waals surface area contributed by atoms with Gasteiger partial charge in [0.2, 0.25) is 5.91 Å². The predicted molar refractivity (Wildman–Crippen MR) is 67.5 cm³/mol. The molecule has 1 unspecified atom stereocenters. The van der Waals surface area contributed by atoms with E-state index < -0.39 is 0 Å². The largest absolute Gasteiger partial charge is 0.493 e. The van der Waals surface area contributed by atoms with E-state index in [0.717, 1.165) is 21.3 Å². The fraction of sp³-hybridized carbons (Fsp3) is 0.417. The van der Waals surface area contributed by atoms with Crippen molar-refractivity contribution < 1.29 is 9.53 Å². The number of nitrogens with two attached hydrogens (primary N) is 1. The van der Waals surface area contributed by atoms with Crippen LogP contribution >= 0.6 is 15.9 Å². The first-order valence-corrected chi connectivity index (χ1v) is 5.90. The highest BCUT2D eigenvalue weighted by molar-refractivity contribution is 9.10. The average molecular weight is 286 g/mol. The van der Waals surface area contributed by atoms with E-state index in [4.69, 9.17) is 10.5 Å². The molecule has 2 N–H and O–H groups in total. The molecule has 16 heavy (non-hydrogen) atoms.